The van der Waals surface area contributed by atoms with Gasteiger partial charge in [0.05, 0.1) is 6.10 Å². The molecule has 4 nitrogen and oxygen atoms in total. The number of aliphatic hydroxyl groups is 1. The van der Waals surface area contributed by atoms with Gasteiger partial charge in [-0.2, -0.15) is 0 Å². The number of aliphatic hydroxyl groups excluding tert-OH is 1. The molecule has 0 unspecified atom stereocenters. The summed E-state index contributed by atoms with van der Waals surface area (Å²) in [7, 11) is 3.40. The number of rotatable bonds is 1. The lowest BCUT2D eigenvalue weighted by atomic mass is 9.75. The van der Waals surface area contributed by atoms with Crippen LogP contribution in [0.4, 0.5) is 0 Å². The fourth-order valence-corrected chi connectivity index (χ4v) is 2.69. The predicted molar refractivity (Wildman–Crippen MR) is 68.5 cm³/mol. The van der Waals surface area contributed by atoms with Gasteiger partial charge in [0, 0.05) is 31.6 Å². The van der Waals surface area contributed by atoms with Crippen LogP contribution in [0.2, 0.25) is 0 Å². The van der Waals surface area contributed by atoms with E-state index in [0.717, 1.165) is 23.3 Å². The topological polar surface area (TPSA) is 53.7 Å². The summed E-state index contributed by atoms with van der Waals surface area (Å²) in [5.41, 5.74) is 1.61. The lowest BCUT2D eigenvalue weighted by Gasteiger charge is -2.31. The number of hydrogen-bond donors (Lipinski definition) is 1. The average Bonchev–Trinajstić information content (AvgIpc) is 2.52. The number of nitrogens with zero attached hydrogens (tertiary/aromatic N) is 1. The van der Waals surface area contributed by atoms with Crippen molar-refractivity contribution in [1.29, 1.82) is 0 Å². The zero-order valence-corrected chi connectivity index (χ0v) is 11.7. The number of amides is 1. The molecule has 0 saturated heterocycles. The molecular formula is C14H21NO3. The summed E-state index contributed by atoms with van der Waals surface area (Å²) < 4.78 is 5.71. The first-order chi connectivity index (χ1) is 8.23. The van der Waals surface area contributed by atoms with Crippen molar-refractivity contribution in [2.75, 3.05) is 14.1 Å². The maximum atomic E-state index is 12.0. The van der Waals surface area contributed by atoms with Crippen LogP contribution < -0.4 is 0 Å². The van der Waals surface area contributed by atoms with Crippen LogP contribution in [-0.4, -0.2) is 30.0 Å². The molecule has 1 N–H and O–H groups in total. The minimum absolute atomic E-state index is 0.00907. The smallest absolute Gasteiger partial charge is 0.289 e. The Morgan fingerprint density at radius 3 is 2.61 bits per heavy atom. The molecule has 1 aromatic heterocycles. The van der Waals surface area contributed by atoms with Gasteiger partial charge in [-0.05, 0) is 18.8 Å². The summed E-state index contributed by atoms with van der Waals surface area (Å²) in [6, 6.07) is 0. The molecular weight excluding hydrogens is 230 g/mol. The standard InChI is InChI=1S/C14H21NO3/c1-8-11-9(16)6-14(2,3)7-10(11)18-12(8)13(17)15(4)5/h9,16H,6-7H2,1-5H3/t9-/m0/s1. The lowest BCUT2D eigenvalue weighted by Crippen LogP contribution is -2.25. The molecule has 0 bridgehead atoms. The van der Waals surface area contributed by atoms with Crippen molar-refractivity contribution >= 4 is 5.91 Å². The van der Waals surface area contributed by atoms with Crippen molar-refractivity contribution in [1.82, 2.24) is 4.90 Å². The molecule has 1 aromatic rings. The highest BCUT2D eigenvalue weighted by Crippen LogP contribution is 2.43. The average molecular weight is 251 g/mol. The second kappa shape index (κ2) is 4.12. The second-order valence-electron chi connectivity index (χ2n) is 6.15. The molecule has 4 heteroatoms. The lowest BCUT2D eigenvalue weighted by molar-refractivity contribution is 0.0782. The monoisotopic (exact) mass is 251 g/mol. The molecule has 0 aromatic carbocycles. The number of carbonyl (C=O) groups excluding carboxylic acids is 1. The van der Waals surface area contributed by atoms with E-state index < -0.39 is 6.10 Å². The molecule has 1 atom stereocenters. The third-order valence-electron chi connectivity index (χ3n) is 3.59. The Morgan fingerprint density at radius 1 is 1.44 bits per heavy atom. The van der Waals surface area contributed by atoms with Gasteiger partial charge in [-0.3, -0.25) is 4.79 Å². The van der Waals surface area contributed by atoms with E-state index in [1.54, 1.807) is 14.1 Å². The van der Waals surface area contributed by atoms with E-state index in [2.05, 4.69) is 13.8 Å². The van der Waals surface area contributed by atoms with E-state index in [1.165, 1.54) is 4.90 Å². The Hall–Kier alpha value is -1.29. The highest BCUT2D eigenvalue weighted by atomic mass is 16.4. The van der Waals surface area contributed by atoms with Gasteiger partial charge in [0.2, 0.25) is 0 Å². The summed E-state index contributed by atoms with van der Waals surface area (Å²) in [6.45, 7) is 6.05. The van der Waals surface area contributed by atoms with Gasteiger partial charge in [0.1, 0.15) is 5.76 Å². The van der Waals surface area contributed by atoms with Crippen LogP contribution in [-0.2, 0) is 6.42 Å². The first kappa shape index (κ1) is 13.1. The molecule has 0 fully saturated rings. The zero-order chi connectivity index (χ0) is 13.7. The molecule has 0 aliphatic heterocycles. The molecule has 1 aliphatic rings. The first-order valence-corrected chi connectivity index (χ1v) is 6.25. The van der Waals surface area contributed by atoms with Crippen molar-refractivity contribution < 1.29 is 14.3 Å². The third-order valence-corrected chi connectivity index (χ3v) is 3.59. The maximum absolute atomic E-state index is 12.0. The Balaban J connectivity index is 2.49. The van der Waals surface area contributed by atoms with Gasteiger partial charge in [-0.1, -0.05) is 13.8 Å². The minimum Gasteiger partial charge on any atom is -0.455 e. The number of hydrogen-bond acceptors (Lipinski definition) is 3. The van der Waals surface area contributed by atoms with Crippen LogP contribution in [0.25, 0.3) is 0 Å². The van der Waals surface area contributed by atoms with E-state index in [-0.39, 0.29) is 11.3 Å². The van der Waals surface area contributed by atoms with Gasteiger partial charge in [0.15, 0.2) is 5.76 Å². The molecule has 0 radical (unpaired) electrons. The first-order valence-electron chi connectivity index (χ1n) is 6.25. The van der Waals surface area contributed by atoms with Gasteiger partial charge in [-0.25, -0.2) is 0 Å². The van der Waals surface area contributed by atoms with Gasteiger partial charge < -0.3 is 14.4 Å². The molecule has 0 spiro atoms. The normalized spacial score (nSPS) is 21.6. The summed E-state index contributed by atoms with van der Waals surface area (Å²) in [4.78, 5) is 13.5. The fourth-order valence-electron chi connectivity index (χ4n) is 2.69. The SMILES string of the molecule is Cc1c(C(=O)N(C)C)oc2c1[C@@H](O)CC(C)(C)C2. The largest absolute Gasteiger partial charge is 0.455 e. The predicted octanol–water partition coefficient (Wildman–Crippen LogP) is 2.30. The highest BCUT2D eigenvalue weighted by molar-refractivity contribution is 5.93. The zero-order valence-electron chi connectivity index (χ0n) is 11.7. The fraction of sp³-hybridized carbons (Fsp3) is 0.643. The highest BCUT2D eigenvalue weighted by Gasteiger charge is 2.37. The molecule has 0 saturated carbocycles. The number of fused-ring (bicyclic) bond motifs is 1. The Kier molecular flexibility index (Phi) is 3.01. The molecule has 2 rings (SSSR count). The minimum atomic E-state index is -0.531. The molecule has 1 amide bonds. The summed E-state index contributed by atoms with van der Waals surface area (Å²) >= 11 is 0. The molecule has 1 aliphatic carbocycles. The van der Waals surface area contributed by atoms with Crippen molar-refractivity contribution in [3.05, 3.63) is 22.6 Å². The third kappa shape index (κ3) is 2.05. The van der Waals surface area contributed by atoms with E-state index in [1.807, 2.05) is 6.92 Å². The Morgan fingerprint density at radius 2 is 2.06 bits per heavy atom. The number of carbonyl (C=O) groups is 1. The van der Waals surface area contributed by atoms with Gasteiger partial charge in [-0.15, -0.1) is 0 Å². The summed E-state index contributed by atoms with van der Waals surface area (Å²) in [5, 5.41) is 10.2. The molecule has 1 heterocycles. The number of furan rings is 1. The Bertz CT molecular complexity index is 485. The van der Waals surface area contributed by atoms with Gasteiger partial charge >= 0.3 is 0 Å². The molecule has 100 valence electrons. The van der Waals surface area contributed by atoms with E-state index in [9.17, 15) is 9.90 Å². The Labute approximate surface area is 108 Å². The molecule has 18 heavy (non-hydrogen) atoms. The van der Waals surface area contributed by atoms with E-state index in [0.29, 0.717) is 12.2 Å². The van der Waals surface area contributed by atoms with Crippen LogP contribution in [0, 0.1) is 12.3 Å². The second-order valence-corrected chi connectivity index (χ2v) is 6.15. The van der Waals surface area contributed by atoms with Crippen LogP contribution in [0.5, 0.6) is 0 Å². The van der Waals surface area contributed by atoms with Crippen LogP contribution in [0.1, 0.15) is 53.8 Å². The van der Waals surface area contributed by atoms with Crippen LogP contribution in [0.15, 0.2) is 4.42 Å². The van der Waals surface area contributed by atoms with Crippen molar-refractivity contribution in [3.8, 4) is 0 Å². The van der Waals surface area contributed by atoms with E-state index >= 15 is 0 Å². The van der Waals surface area contributed by atoms with E-state index in [4.69, 9.17) is 4.42 Å². The van der Waals surface area contributed by atoms with Crippen molar-refractivity contribution in [2.45, 2.75) is 39.7 Å². The summed E-state index contributed by atoms with van der Waals surface area (Å²) in [5.74, 6) is 0.982. The van der Waals surface area contributed by atoms with Crippen LogP contribution in [0.3, 0.4) is 0 Å². The quantitative estimate of drug-likeness (QED) is 0.833. The summed E-state index contributed by atoms with van der Waals surface area (Å²) in [6.07, 6.45) is 0.938. The van der Waals surface area contributed by atoms with Gasteiger partial charge in [0.25, 0.3) is 5.91 Å². The van der Waals surface area contributed by atoms with Crippen molar-refractivity contribution in [2.24, 2.45) is 5.41 Å². The maximum Gasteiger partial charge on any atom is 0.289 e. The van der Waals surface area contributed by atoms with Crippen molar-refractivity contribution in [3.63, 3.8) is 0 Å². The van der Waals surface area contributed by atoms with Crippen LogP contribution >= 0.6 is 0 Å².